The van der Waals surface area contributed by atoms with Gasteiger partial charge >= 0.3 is 6.09 Å². The van der Waals surface area contributed by atoms with Crippen LogP contribution < -0.4 is 10.6 Å². The van der Waals surface area contributed by atoms with Gasteiger partial charge in [-0.15, -0.1) is 0 Å². The van der Waals surface area contributed by atoms with Gasteiger partial charge < -0.3 is 30.0 Å². The number of imidazole rings is 1. The van der Waals surface area contributed by atoms with Gasteiger partial charge in [-0.2, -0.15) is 0 Å². The molecule has 3 aromatic carbocycles. The van der Waals surface area contributed by atoms with Gasteiger partial charge in [0.05, 0.1) is 25.6 Å². The first-order chi connectivity index (χ1) is 25.4. The number of hydrogen-bond donors (Lipinski definition) is 3. The molecule has 6 rings (SSSR count). The number of aromatic amines is 1. The molecule has 0 saturated heterocycles. The Morgan fingerprint density at radius 3 is 2.33 bits per heavy atom. The van der Waals surface area contributed by atoms with Crippen molar-refractivity contribution in [2.75, 3.05) is 19.6 Å². The van der Waals surface area contributed by atoms with Crippen molar-refractivity contribution in [1.82, 2.24) is 25.5 Å². The minimum absolute atomic E-state index is 0.107. The van der Waals surface area contributed by atoms with E-state index in [-0.39, 0.29) is 36.9 Å². The molecule has 3 amide bonds. The molecule has 1 aromatic heterocycles. The van der Waals surface area contributed by atoms with E-state index in [1.54, 1.807) is 13.1 Å². The molecular weight excluding hydrogens is 654 g/mol. The summed E-state index contributed by atoms with van der Waals surface area (Å²) in [6.45, 7) is 2.75. The summed E-state index contributed by atoms with van der Waals surface area (Å²) in [4.78, 5) is 50.0. The van der Waals surface area contributed by atoms with Crippen LogP contribution in [0.25, 0.3) is 0 Å². The Balaban J connectivity index is 1.16. The Bertz CT molecular complexity index is 1810. The van der Waals surface area contributed by atoms with Crippen molar-refractivity contribution in [1.29, 1.82) is 0 Å². The van der Waals surface area contributed by atoms with E-state index in [0.29, 0.717) is 25.3 Å². The van der Waals surface area contributed by atoms with Gasteiger partial charge in [-0.3, -0.25) is 9.59 Å². The van der Waals surface area contributed by atoms with Gasteiger partial charge in [-0.25, -0.2) is 9.78 Å². The van der Waals surface area contributed by atoms with Gasteiger partial charge in [0.2, 0.25) is 11.8 Å². The average Bonchev–Trinajstić information content (AvgIpc) is 3.68. The number of carbonyl (C=O) groups excluding carboxylic acids is 3. The normalized spacial score (nSPS) is 17.2. The maximum Gasteiger partial charge on any atom is 0.408 e. The molecule has 10 heteroatoms. The third-order valence-electron chi connectivity index (χ3n) is 9.91. The highest BCUT2D eigenvalue weighted by molar-refractivity contribution is 5.90. The van der Waals surface area contributed by atoms with Gasteiger partial charge in [-0.05, 0) is 48.4 Å². The molecule has 4 aromatic rings. The van der Waals surface area contributed by atoms with Crippen LogP contribution in [-0.2, 0) is 37.5 Å². The third kappa shape index (κ3) is 9.85. The van der Waals surface area contributed by atoms with Crippen LogP contribution in [0.4, 0.5) is 4.79 Å². The van der Waals surface area contributed by atoms with Crippen LogP contribution in [0.2, 0.25) is 0 Å². The molecule has 2 aliphatic rings. The SMILES string of the molecule is CC(OC(=O)N[C@@H](Cc1cnc[nH]1)C(=O)N(CC(=O)NCC1(c2ccccc2)CCC1)CC1=CC[C@H](OCc2ccccc2)C=C1)c1ccccc1. The van der Waals surface area contributed by atoms with E-state index in [1.165, 1.54) is 16.8 Å². The number of alkyl carbamates (subject to hydrolysis) is 1. The molecule has 1 unspecified atom stereocenters. The van der Waals surface area contributed by atoms with Crippen LogP contribution in [0.15, 0.2) is 127 Å². The van der Waals surface area contributed by atoms with Crippen LogP contribution >= 0.6 is 0 Å². The van der Waals surface area contributed by atoms with Crippen molar-refractivity contribution < 1.29 is 23.9 Å². The summed E-state index contributed by atoms with van der Waals surface area (Å²) < 4.78 is 11.8. The Morgan fingerprint density at radius 2 is 1.69 bits per heavy atom. The number of H-pyrrole nitrogens is 1. The second-order valence-electron chi connectivity index (χ2n) is 13.6. The molecule has 2 aliphatic carbocycles. The lowest BCUT2D eigenvalue weighted by atomic mass is 9.64. The first kappa shape index (κ1) is 36.3. The summed E-state index contributed by atoms with van der Waals surface area (Å²) in [5, 5.41) is 5.93. The minimum Gasteiger partial charge on any atom is -0.442 e. The fourth-order valence-corrected chi connectivity index (χ4v) is 6.72. The fourth-order valence-electron chi connectivity index (χ4n) is 6.72. The minimum atomic E-state index is -1.03. The highest BCUT2D eigenvalue weighted by Gasteiger charge is 2.39. The van der Waals surface area contributed by atoms with Gasteiger partial charge in [0.1, 0.15) is 12.1 Å². The number of rotatable bonds is 16. The number of benzene rings is 3. The number of amides is 3. The Labute approximate surface area is 305 Å². The molecule has 1 heterocycles. The second kappa shape index (κ2) is 17.6. The molecule has 0 bridgehead atoms. The van der Waals surface area contributed by atoms with Crippen LogP contribution in [0, 0.1) is 0 Å². The molecule has 0 radical (unpaired) electrons. The van der Waals surface area contributed by atoms with E-state index in [0.717, 1.165) is 36.0 Å². The Morgan fingerprint density at radius 1 is 0.981 bits per heavy atom. The van der Waals surface area contributed by atoms with Crippen molar-refractivity contribution in [2.45, 2.75) is 69.3 Å². The largest absolute Gasteiger partial charge is 0.442 e. The summed E-state index contributed by atoms with van der Waals surface area (Å²) in [6.07, 6.45) is 11.6. The Hall–Kier alpha value is -5.48. The van der Waals surface area contributed by atoms with E-state index >= 15 is 0 Å². The molecule has 0 spiro atoms. The van der Waals surface area contributed by atoms with Crippen molar-refractivity contribution in [3.05, 3.63) is 150 Å². The molecule has 52 heavy (non-hydrogen) atoms. The molecule has 1 fully saturated rings. The summed E-state index contributed by atoms with van der Waals surface area (Å²) in [6, 6.07) is 28.6. The van der Waals surface area contributed by atoms with Gasteiger partial charge in [-0.1, -0.05) is 116 Å². The number of aromatic nitrogens is 2. The summed E-state index contributed by atoms with van der Waals surface area (Å²) in [5.41, 5.74) is 4.55. The molecule has 3 atom stereocenters. The number of nitrogens with one attached hydrogen (secondary N) is 3. The predicted octanol–water partition coefficient (Wildman–Crippen LogP) is 6.35. The quantitative estimate of drug-likeness (QED) is 0.125. The number of nitrogens with zero attached hydrogens (tertiary/aromatic N) is 2. The topological polar surface area (TPSA) is 126 Å². The molecular formula is C42H47N5O5. The Kier molecular flexibility index (Phi) is 12.3. The van der Waals surface area contributed by atoms with Gasteiger partial charge in [0.15, 0.2) is 0 Å². The lowest BCUT2D eigenvalue weighted by molar-refractivity contribution is -0.137. The summed E-state index contributed by atoms with van der Waals surface area (Å²) >= 11 is 0. The van der Waals surface area contributed by atoms with E-state index in [1.807, 2.05) is 97.1 Å². The smallest absolute Gasteiger partial charge is 0.408 e. The molecule has 270 valence electrons. The maximum atomic E-state index is 14.4. The second-order valence-corrected chi connectivity index (χ2v) is 13.6. The van der Waals surface area contributed by atoms with E-state index < -0.39 is 24.1 Å². The van der Waals surface area contributed by atoms with E-state index in [9.17, 15) is 14.4 Å². The van der Waals surface area contributed by atoms with Gasteiger partial charge in [0.25, 0.3) is 0 Å². The zero-order valence-electron chi connectivity index (χ0n) is 29.6. The van der Waals surface area contributed by atoms with Crippen molar-refractivity contribution >= 4 is 17.9 Å². The monoisotopic (exact) mass is 701 g/mol. The van der Waals surface area contributed by atoms with Crippen LogP contribution in [0.1, 0.15) is 61.1 Å². The molecule has 1 saturated carbocycles. The van der Waals surface area contributed by atoms with Crippen molar-refractivity contribution in [2.24, 2.45) is 0 Å². The average molecular weight is 702 g/mol. The number of ether oxygens (including phenoxy) is 2. The molecule has 3 N–H and O–H groups in total. The van der Waals surface area contributed by atoms with Crippen LogP contribution in [0.3, 0.4) is 0 Å². The first-order valence-electron chi connectivity index (χ1n) is 18.0. The molecule has 0 aliphatic heterocycles. The summed E-state index contributed by atoms with van der Waals surface area (Å²) in [5.74, 6) is -0.673. The zero-order valence-corrected chi connectivity index (χ0v) is 29.6. The predicted molar refractivity (Wildman–Crippen MR) is 199 cm³/mol. The number of hydrogen-bond acceptors (Lipinski definition) is 6. The lowest BCUT2D eigenvalue weighted by Crippen LogP contribution is -2.53. The fraction of sp³-hybridized carbons (Fsp3) is 0.333. The maximum absolute atomic E-state index is 14.4. The van der Waals surface area contributed by atoms with Gasteiger partial charge in [0, 0.05) is 36.8 Å². The van der Waals surface area contributed by atoms with Crippen molar-refractivity contribution in [3.8, 4) is 0 Å². The van der Waals surface area contributed by atoms with Crippen molar-refractivity contribution in [3.63, 3.8) is 0 Å². The van der Waals surface area contributed by atoms with Crippen LogP contribution in [0.5, 0.6) is 0 Å². The third-order valence-corrected chi connectivity index (χ3v) is 9.91. The molecule has 10 nitrogen and oxygen atoms in total. The lowest BCUT2D eigenvalue weighted by Gasteiger charge is -2.42. The standard InChI is InChI=1S/C42H47N5O5/c1-31(34-14-7-3-8-15-34)52-41(50)46-38(24-36-25-43-30-45-36)40(49)47(26-32-18-20-37(21-19-32)51-28-33-12-5-2-6-13-33)27-39(48)44-29-42(22-11-23-42)35-16-9-4-10-17-35/h2-10,12-20,25,30-31,37-38H,11,21-24,26-29H2,1H3,(H,43,45)(H,44,48)(H,46,50)/t31?,37-,38+/m1/s1. The summed E-state index contributed by atoms with van der Waals surface area (Å²) in [7, 11) is 0. The number of carbonyl (C=O) groups is 3. The highest BCUT2D eigenvalue weighted by atomic mass is 16.6. The van der Waals surface area contributed by atoms with E-state index in [4.69, 9.17) is 9.47 Å². The van der Waals surface area contributed by atoms with Crippen LogP contribution in [-0.4, -0.2) is 64.6 Å². The van der Waals surface area contributed by atoms with E-state index in [2.05, 4.69) is 32.7 Å². The highest BCUT2D eigenvalue weighted by Crippen LogP contribution is 2.43. The first-order valence-corrected chi connectivity index (χ1v) is 18.0. The zero-order chi connectivity index (χ0) is 36.2.